The molecule has 0 aromatic rings. The molecule has 2 N–H and O–H groups in total. The summed E-state index contributed by atoms with van der Waals surface area (Å²) in [4.78, 5) is 11.6. The lowest BCUT2D eigenvalue weighted by Gasteiger charge is -2.15. The molecule has 86 valence electrons. The standard InChI is InChI=1S/C12H21NO2/c1-9(2)7-11(14)8-13-12(15)10-5-3-4-6-10/h3-4,9-11,14H,5-8H2,1-2H3,(H,13,15). The highest BCUT2D eigenvalue weighted by Crippen LogP contribution is 2.17. The Labute approximate surface area is 91.6 Å². The largest absolute Gasteiger partial charge is 0.391 e. The average Bonchev–Trinajstić information content (AvgIpc) is 2.65. The fourth-order valence-corrected chi connectivity index (χ4v) is 1.82. The van der Waals surface area contributed by atoms with Crippen molar-refractivity contribution in [3.63, 3.8) is 0 Å². The Hall–Kier alpha value is -0.830. The second-order valence-electron chi connectivity index (χ2n) is 4.67. The zero-order valence-corrected chi connectivity index (χ0v) is 9.57. The van der Waals surface area contributed by atoms with Gasteiger partial charge in [0, 0.05) is 12.5 Å². The molecule has 1 atom stereocenters. The van der Waals surface area contributed by atoms with Gasteiger partial charge in [-0.15, -0.1) is 0 Å². The number of allylic oxidation sites excluding steroid dienone is 2. The molecule has 1 aliphatic rings. The van der Waals surface area contributed by atoms with Crippen LogP contribution in [0.2, 0.25) is 0 Å². The number of rotatable bonds is 5. The molecular formula is C12H21NO2. The van der Waals surface area contributed by atoms with Gasteiger partial charge < -0.3 is 10.4 Å². The Morgan fingerprint density at radius 2 is 2.07 bits per heavy atom. The molecule has 0 saturated carbocycles. The van der Waals surface area contributed by atoms with E-state index in [4.69, 9.17) is 0 Å². The first kappa shape index (κ1) is 12.2. The van der Waals surface area contributed by atoms with Gasteiger partial charge in [-0.3, -0.25) is 4.79 Å². The topological polar surface area (TPSA) is 49.3 Å². The number of nitrogens with one attached hydrogen (secondary N) is 1. The van der Waals surface area contributed by atoms with Crippen LogP contribution >= 0.6 is 0 Å². The Kier molecular flexibility index (Phi) is 4.82. The highest BCUT2D eigenvalue weighted by molar-refractivity contribution is 5.79. The summed E-state index contributed by atoms with van der Waals surface area (Å²) in [7, 11) is 0. The SMILES string of the molecule is CC(C)CC(O)CNC(=O)C1CC=CC1. The van der Waals surface area contributed by atoms with Gasteiger partial charge in [-0.1, -0.05) is 26.0 Å². The molecule has 0 bridgehead atoms. The zero-order valence-electron chi connectivity index (χ0n) is 9.57. The van der Waals surface area contributed by atoms with Crippen molar-refractivity contribution in [1.82, 2.24) is 5.32 Å². The summed E-state index contributed by atoms with van der Waals surface area (Å²) in [6, 6.07) is 0. The van der Waals surface area contributed by atoms with Gasteiger partial charge >= 0.3 is 0 Å². The molecule has 1 unspecified atom stereocenters. The van der Waals surface area contributed by atoms with Crippen LogP contribution in [0.1, 0.15) is 33.1 Å². The molecule has 3 nitrogen and oxygen atoms in total. The molecule has 0 aliphatic heterocycles. The maximum Gasteiger partial charge on any atom is 0.223 e. The Bertz CT molecular complexity index is 228. The maximum absolute atomic E-state index is 11.6. The number of carbonyl (C=O) groups is 1. The van der Waals surface area contributed by atoms with E-state index >= 15 is 0 Å². The molecular weight excluding hydrogens is 190 g/mol. The van der Waals surface area contributed by atoms with Crippen molar-refractivity contribution in [2.45, 2.75) is 39.2 Å². The minimum Gasteiger partial charge on any atom is -0.391 e. The number of aliphatic hydroxyl groups excluding tert-OH is 1. The molecule has 1 rings (SSSR count). The van der Waals surface area contributed by atoms with Crippen molar-refractivity contribution in [2.24, 2.45) is 11.8 Å². The normalized spacial score (nSPS) is 18.4. The summed E-state index contributed by atoms with van der Waals surface area (Å²) in [5.41, 5.74) is 0. The first-order chi connectivity index (χ1) is 7.09. The third kappa shape index (κ3) is 4.47. The Morgan fingerprint density at radius 3 is 2.60 bits per heavy atom. The number of amides is 1. The molecule has 0 spiro atoms. The van der Waals surface area contributed by atoms with E-state index < -0.39 is 6.10 Å². The minimum absolute atomic E-state index is 0.0720. The number of hydrogen-bond donors (Lipinski definition) is 2. The highest BCUT2D eigenvalue weighted by atomic mass is 16.3. The van der Waals surface area contributed by atoms with Gasteiger partial charge in [0.1, 0.15) is 0 Å². The van der Waals surface area contributed by atoms with E-state index in [0.29, 0.717) is 12.5 Å². The van der Waals surface area contributed by atoms with Crippen molar-refractivity contribution in [2.75, 3.05) is 6.54 Å². The molecule has 0 aromatic heterocycles. The molecule has 0 heterocycles. The van der Waals surface area contributed by atoms with Crippen LogP contribution in [0.5, 0.6) is 0 Å². The van der Waals surface area contributed by atoms with Gasteiger partial charge in [-0.25, -0.2) is 0 Å². The van der Waals surface area contributed by atoms with Gasteiger partial charge in [0.15, 0.2) is 0 Å². The third-order valence-electron chi connectivity index (χ3n) is 2.63. The van der Waals surface area contributed by atoms with Crippen LogP contribution < -0.4 is 5.32 Å². The molecule has 0 saturated heterocycles. The number of carbonyl (C=O) groups excluding carboxylic acids is 1. The molecule has 1 aliphatic carbocycles. The van der Waals surface area contributed by atoms with Crippen LogP contribution in [-0.4, -0.2) is 23.7 Å². The molecule has 0 aromatic carbocycles. The second kappa shape index (κ2) is 5.91. The lowest BCUT2D eigenvalue weighted by Crippen LogP contribution is -2.36. The lowest BCUT2D eigenvalue weighted by atomic mass is 10.0. The van der Waals surface area contributed by atoms with Crippen molar-refractivity contribution >= 4 is 5.91 Å². The van der Waals surface area contributed by atoms with Crippen LogP contribution in [0.4, 0.5) is 0 Å². The summed E-state index contributed by atoms with van der Waals surface area (Å²) in [6.07, 6.45) is 6.08. The second-order valence-corrected chi connectivity index (χ2v) is 4.67. The summed E-state index contributed by atoms with van der Waals surface area (Å²) in [5.74, 6) is 0.629. The van der Waals surface area contributed by atoms with E-state index in [1.807, 2.05) is 12.2 Å². The van der Waals surface area contributed by atoms with Crippen LogP contribution in [0.3, 0.4) is 0 Å². The first-order valence-corrected chi connectivity index (χ1v) is 5.70. The van der Waals surface area contributed by atoms with Crippen LogP contribution in [0.25, 0.3) is 0 Å². The lowest BCUT2D eigenvalue weighted by molar-refractivity contribution is -0.125. The van der Waals surface area contributed by atoms with E-state index in [2.05, 4.69) is 19.2 Å². The van der Waals surface area contributed by atoms with Gasteiger partial charge in [0.2, 0.25) is 5.91 Å². The molecule has 3 heteroatoms. The first-order valence-electron chi connectivity index (χ1n) is 5.70. The van der Waals surface area contributed by atoms with Crippen LogP contribution in [0.15, 0.2) is 12.2 Å². The van der Waals surface area contributed by atoms with E-state index in [1.54, 1.807) is 0 Å². The van der Waals surface area contributed by atoms with Gasteiger partial charge in [-0.05, 0) is 25.2 Å². The van der Waals surface area contributed by atoms with E-state index in [-0.39, 0.29) is 11.8 Å². The predicted octanol–water partition coefficient (Wildman–Crippen LogP) is 1.48. The van der Waals surface area contributed by atoms with Gasteiger partial charge in [-0.2, -0.15) is 0 Å². The smallest absolute Gasteiger partial charge is 0.223 e. The van der Waals surface area contributed by atoms with Gasteiger partial charge in [0.05, 0.1) is 6.10 Å². The summed E-state index contributed by atoms with van der Waals surface area (Å²) < 4.78 is 0. The monoisotopic (exact) mass is 211 g/mol. The average molecular weight is 211 g/mol. The summed E-state index contributed by atoms with van der Waals surface area (Å²) in [6.45, 7) is 4.51. The molecule has 1 amide bonds. The quantitative estimate of drug-likeness (QED) is 0.677. The number of aliphatic hydroxyl groups is 1. The Morgan fingerprint density at radius 1 is 1.47 bits per heavy atom. The van der Waals surface area contributed by atoms with E-state index in [9.17, 15) is 9.90 Å². The van der Waals surface area contributed by atoms with Gasteiger partial charge in [0.25, 0.3) is 0 Å². The number of hydrogen-bond acceptors (Lipinski definition) is 2. The maximum atomic E-state index is 11.6. The summed E-state index contributed by atoms with van der Waals surface area (Å²) >= 11 is 0. The van der Waals surface area contributed by atoms with Crippen molar-refractivity contribution < 1.29 is 9.90 Å². The van der Waals surface area contributed by atoms with E-state index in [1.165, 1.54) is 0 Å². The highest BCUT2D eigenvalue weighted by Gasteiger charge is 2.19. The molecule has 0 radical (unpaired) electrons. The minimum atomic E-state index is -0.414. The van der Waals surface area contributed by atoms with Crippen molar-refractivity contribution in [3.05, 3.63) is 12.2 Å². The fraction of sp³-hybridized carbons (Fsp3) is 0.750. The molecule has 0 fully saturated rings. The van der Waals surface area contributed by atoms with Crippen LogP contribution in [0, 0.1) is 11.8 Å². The summed E-state index contributed by atoms with van der Waals surface area (Å²) in [5, 5.41) is 12.4. The molecule has 15 heavy (non-hydrogen) atoms. The van der Waals surface area contributed by atoms with Crippen molar-refractivity contribution in [3.8, 4) is 0 Å². The van der Waals surface area contributed by atoms with E-state index in [0.717, 1.165) is 19.3 Å². The predicted molar refractivity (Wildman–Crippen MR) is 60.3 cm³/mol. The zero-order chi connectivity index (χ0) is 11.3. The third-order valence-corrected chi connectivity index (χ3v) is 2.63. The Balaban J connectivity index is 2.16. The fourth-order valence-electron chi connectivity index (χ4n) is 1.82. The van der Waals surface area contributed by atoms with Crippen molar-refractivity contribution in [1.29, 1.82) is 0 Å². The van der Waals surface area contributed by atoms with Crippen LogP contribution in [-0.2, 0) is 4.79 Å².